The number of carbonyl (C=O) groups excluding carboxylic acids is 2. The first-order valence-corrected chi connectivity index (χ1v) is 6.79. The van der Waals surface area contributed by atoms with Gasteiger partial charge in [-0.25, -0.2) is 0 Å². The van der Waals surface area contributed by atoms with Crippen molar-refractivity contribution in [3.8, 4) is 0 Å². The normalized spacial score (nSPS) is 9.89. The first-order chi connectivity index (χ1) is 8.56. The summed E-state index contributed by atoms with van der Waals surface area (Å²) in [5, 5.41) is 5.56. The molecule has 0 heterocycles. The quantitative estimate of drug-likeness (QED) is 0.526. The van der Waals surface area contributed by atoms with Gasteiger partial charge in [-0.1, -0.05) is 20.3 Å². The Morgan fingerprint density at radius 1 is 1.00 bits per heavy atom. The molecule has 0 atom stereocenters. The molecule has 0 aromatic rings. The average molecular weight is 338 g/mol. The van der Waals surface area contributed by atoms with Gasteiger partial charge in [-0.2, -0.15) is 0 Å². The van der Waals surface area contributed by atoms with Crippen molar-refractivity contribution in [3.05, 3.63) is 0 Å². The third-order valence-electron chi connectivity index (χ3n) is 2.47. The predicted molar refractivity (Wildman–Crippen MR) is 83.3 cm³/mol. The Labute approximate surface area is 126 Å². The molecule has 0 rings (SSSR count). The monoisotopic (exact) mass is 337 g/mol. The molecule has 0 bridgehead atoms. The molecule has 0 aliphatic heterocycles. The standard InChI is InChI=1S/C13H27N3O2.BrH/c1-11(2)10-13(18)16-9-8-15-12(17)6-4-3-5-7-14;/h11H,3-10,14H2,1-2H3,(H,15,17)(H,16,18);1H. The topological polar surface area (TPSA) is 84.2 Å². The Morgan fingerprint density at radius 2 is 1.58 bits per heavy atom. The summed E-state index contributed by atoms with van der Waals surface area (Å²) in [6, 6.07) is 0. The number of nitrogens with two attached hydrogens (primary N) is 1. The minimum atomic E-state index is 0. The van der Waals surface area contributed by atoms with Crippen LogP contribution in [0.2, 0.25) is 0 Å². The van der Waals surface area contributed by atoms with E-state index in [2.05, 4.69) is 10.6 Å². The maximum absolute atomic E-state index is 11.4. The van der Waals surface area contributed by atoms with Crippen LogP contribution in [0.4, 0.5) is 0 Å². The first-order valence-electron chi connectivity index (χ1n) is 6.79. The molecule has 0 saturated heterocycles. The third-order valence-corrected chi connectivity index (χ3v) is 2.47. The number of halogens is 1. The lowest BCUT2D eigenvalue weighted by Crippen LogP contribution is -2.34. The van der Waals surface area contributed by atoms with Crippen molar-refractivity contribution in [1.82, 2.24) is 10.6 Å². The predicted octanol–water partition coefficient (Wildman–Crippen LogP) is 1.36. The number of amides is 2. The minimum absolute atomic E-state index is 0. The molecule has 0 saturated carbocycles. The van der Waals surface area contributed by atoms with E-state index in [-0.39, 0.29) is 28.8 Å². The fourth-order valence-corrected chi connectivity index (χ4v) is 1.54. The summed E-state index contributed by atoms with van der Waals surface area (Å²) in [6.07, 6.45) is 3.92. The van der Waals surface area contributed by atoms with Crippen molar-refractivity contribution < 1.29 is 9.59 Å². The summed E-state index contributed by atoms with van der Waals surface area (Å²) >= 11 is 0. The van der Waals surface area contributed by atoms with Crippen molar-refractivity contribution in [2.24, 2.45) is 11.7 Å². The number of carbonyl (C=O) groups is 2. The van der Waals surface area contributed by atoms with Crippen LogP contribution in [0.1, 0.15) is 46.0 Å². The van der Waals surface area contributed by atoms with Crippen molar-refractivity contribution in [3.63, 3.8) is 0 Å². The van der Waals surface area contributed by atoms with Crippen molar-refractivity contribution in [2.45, 2.75) is 46.0 Å². The number of hydrogen-bond acceptors (Lipinski definition) is 3. The van der Waals surface area contributed by atoms with Crippen molar-refractivity contribution in [1.29, 1.82) is 0 Å². The molecular formula is C13H28BrN3O2. The fraction of sp³-hybridized carbons (Fsp3) is 0.846. The van der Waals surface area contributed by atoms with Gasteiger partial charge < -0.3 is 16.4 Å². The van der Waals surface area contributed by atoms with Gasteiger partial charge in [-0.15, -0.1) is 17.0 Å². The molecule has 0 aromatic carbocycles. The molecule has 0 radical (unpaired) electrons. The van der Waals surface area contributed by atoms with Gasteiger partial charge in [0.15, 0.2) is 0 Å². The SMILES string of the molecule is Br.CC(C)CC(=O)NCCNC(=O)CCCCCN. The second kappa shape index (κ2) is 13.8. The van der Waals surface area contributed by atoms with E-state index in [1.165, 1.54) is 0 Å². The minimum Gasteiger partial charge on any atom is -0.354 e. The van der Waals surface area contributed by atoms with Crippen LogP contribution >= 0.6 is 17.0 Å². The Kier molecular flexibility index (Phi) is 15.0. The summed E-state index contributed by atoms with van der Waals surface area (Å²) in [5.41, 5.74) is 5.37. The van der Waals surface area contributed by atoms with Gasteiger partial charge >= 0.3 is 0 Å². The van der Waals surface area contributed by atoms with Crippen LogP contribution in [0.3, 0.4) is 0 Å². The van der Waals surface area contributed by atoms with E-state index >= 15 is 0 Å². The van der Waals surface area contributed by atoms with Gasteiger partial charge in [-0.05, 0) is 25.3 Å². The summed E-state index contributed by atoms with van der Waals surface area (Å²) in [6.45, 7) is 5.69. The highest BCUT2D eigenvalue weighted by molar-refractivity contribution is 8.93. The highest BCUT2D eigenvalue weighted by Gasteiger charge is 2.04. The zero-order valence-corrected chi connectivity index (χ0v) is 13.7. The van der Waals surface area contributed by atoms with Gasteiger partial charge in [0, 0.05) is 25.9 Å². The third kappa shape index (κ3) is 15.3. The lowest BCUT2D eigenvalue weighted by atomic mass is 10.1. The Hall–Kier alpha value is -0.620. The van der Waals surface area contributed by atoms with Crippen LogP contribution in [-0.2, 0) is 9.59 Å². The molecule has 0 aliphatic carbocycles. The zero-order valence-electron chi connectivity index (χ0n) is 12.0. The summed E-state index contributed by atoms with van der Waals surface area (Å²) in [5.74, 6) is 0.453. The molecule has 0 aliphatic rings. The van der Waals surface area contributed by atoms with Gasteiger partial charge in [0.05, 0.1) is 0 Å². The fourth-order valence-electron chi connectivity index (χ4n) is 1.54. The molecule has 4 N–H and O–H groups in total. The van der Waals surface area contributed by atoms with Gasteiger partial charge in [0.25, 0.3) is 0 Å². The van der Waals surface area contributed by atoms with Crippen LogP contribution in [0.25, 0.3) is 0 Å². The lowest BCUT2D eigenvalue weighted by molar-refractivity contribution is -0.123. The van der Waals surface area contributed by atoms with E-state index in [0.717, 1.165) is 19.3 Å². The zero-order chi connectivity index (χ0) is 13.8. The highest BCUT2D eigenvalue weighted by atomic mass is 79.9. The van der Waals surface area contributed by atoms with Gasteiger partial charge in [0.2, 0.25) is 11.8 Å². The molecule has 0 unspecified atom stereocenters. The van der Waals surface area contributed by atoms with Crippen LogP contribution in [0.15, 0.2) is 0 Å². The van der Waals surface area contributed by atoms with Crippen LogP contribution in [0.5, 0.6) is 0 Å². The number of unbranched alkanes of at least 4 members (excludes halogenated alkanes) is 2. The molecule has 114 valence electrons. The number of nitrogens with one attached hydrogen (secondary N) is 2. The molecule has 0 aromatic heterocycles. The van der Waals surface area contributed by atoms with Crippen LogP contribution in [-0.4, -0.2) is 31.4 Å². The molecule has 2 amide bonds. The number of hydrogen-bond donors (Lipinski definition) is 3. The molecule has 6 heteroatoms. The second-order valence-electron chi connectivity index (χ2n) is 4.90. The maximum atomic E-state index is 11.4. The number of rotatable bonds is 10. The van der Waals surface area contributed by atoms with E-state index in [9.17, 15) is 9.59 Å². The van der Waals surface area contributed by atoms with Crippen molar-refractivity contribution in [2.75, 3.05) is 19.6 Å². The summed E-state index contributed by atoms with van der Waals surface area (Å²) in [4.78, 5) is 22.7. The van der Waals surface area contributed by atoms with E-state index < -0.39 is 0 Å². The Morgan fingerprint density at radius 3 is 2.11 bits per heavy atom. The smallest absolute Gasteiger partial charge is 0.220 e. The maximum Gasteiger partial charge on any atom is 0.220 e. The average Bonchev–Trinajstić information content (AvgIpc) is 2.29. The van der Waals surface area contributed by atoms with E-state index in [1.807, 2.05) is 13.8 Å². The molecule has 0 fully saturated rings. The van der Waals surface area contributed by atoms with E-state index in [4.69, 9.17) is 5.73 Å². The molecule has 0 spiro atoms. The lowest BCUT2D eigenvalue weighted by Gasteiger charge is -2.08. The first kappa shape index (κ1) is 20.7. The largest absolute Gasteiger partial charge is 0.354 e. The van der Waals surface area contributed by atoms with Gasteiger partial charge in [-0.3, -0.25) is 9.59 Å². The molecule has 5 nitrogen and oxygen atoms in total. The second-order valence-corrected chi connectivity index (χ2v) is 4.90. The van der Waals surface area contributed by atoms with E-state index in [0.29, 0.717) is 38.4 Å². The van der Waals surface area contributed by atoms with Crippen LogP contribution < -0.4 is 16.4 Å². The van der Waals surface area contributed by atoms with Crippen LogP contribution in [0, 0.1) is 5.92 Å². The summed E-state index contributed by atoms with van der Waals surface area (Å²) in [7, 11) is 0. The molecular weight excluding hydrogens is 310 g/mol. The van der Waals surface area contributed by atoms with Gasteiger partial charge in [0.1, 0.15) is 0 Å². The van der Waals surface area contributed by atoms with Crippen molar-refractivity contribution >= 4 is 28.8 Å². The summed E-state index contributed by atoms with van der Waals surface area (Å²) < 4.78 is 0. The Balaban J connectivity index is 0. The highest BCUT2D eigenvalue weighted by Crippen LogP contribution is 1.98. The molecule has 19 heavy (non-hydrogen) atoms. The Bertz CT molecular complexity index is 248. The van der Waals surface area contributed by atoms with E-state index in [1.54, 1.807) is 0 Å².